The van der Waals surface area contributed by atoms with Gasteiger partial charge in [-0.25, -0.2) is 16.8 Å². The van der Waals surface area contributed by atoms with Crippen LogP contribution in [0, 0.1) is 0 Å². The zero-order valence-corrected chi connectivity index (χ0v) is 21.2. The summed E-state index contributed by atoms with van der Waals surface area (Å²) >= 11 is 0. The summed E-state index contributed by atoms with van der Waals surface area (Å²) in [6.07, 6.45) is 4.20. The maximum absolute atomic E-state index is 12.6. The molecule has 0 spiro atoms. The molecule has 0 aliphatic rings. The van der Waals surface area contributed by atoms with Crippen LogP contribution in [0.2, 0.25) is 0 Å². The van der Waals surface area contributed by atoms with E-state index in [1.54, 1.807) is 20.0 Å². The standard InChI is InChI=1S/C27H27NO4S2/c1-27(2,34(4,31)32)23-16-21-12-8-14-28-26(21)25(17-23)20-11-7-10-19(15-20)24-13-6-5-9-22(24)18-33(3,29)30/h5-17H,18H2,1-4H3. The predicted molar refractivity (Wildman–Crippen MR) is 139 cm³/mol. The van der Waals surface area contributed by atoms with Gasteiger partial charge in [-0.1, -0.05) is 48.5 Å². The van der Waals surface area contributed by atoms with Gasteiger partial charge in [-0.3, -0.25) is 4.98 Å². The fourth-order valence-corrected chi connectivity index (χ4v) is 5.40. The van der Waals surface area contributed by atoms with E-state index >= 15 is 0 Å². The molecular weight excluding hydrogens is 466 g/mol. The molecule has 0 saturated carbocycles. The molecule has 3 aromatic carbocycles. The molecule has 0 fully saturated rings. The minimum atomic E-state index is -3.37. The molecular formula is C27H27NO4S2. The van der Waals surface area contributed by atoms with Crippen LogP contribution in [0.5, 0.6) is 0 Å². The number of hydrogen-bond donors (Lipinski definition) is 0. The van der Waals surface area contributed by atoms with E-state index in [4.69, 9.17) is 0 Å². The van der Waals surface area contributed by atoms with Crippen LogP contribution in [0.15, 0.2) is 79.0 Å². The van der Waals surface area contributed by atoms with Crippen molar-refractivity contribution >= 4 is 30.6 Å². The SMILES string of the molecule is CC(C)(c1cc(-c2cccc(-c3ccccc3CS(C)(=O)=O)c2)c2ncccc2c1)S(C)(=O)=O. The van der Waals surface area contributed by atoms with E-state index in [2.05, 4.69) is 4.98 Å². The molecule has 0 aliphatic heterocycles. The maximum atomic E-state index is 12.6. The van der Waals surface area contributed by atoms with Crippen LogP contribution in [0.25, 0.3) is 33.2 Å². The van der Waals surface area contributed by atoms with Gasteiger partial charge in [-0.2, -0.15) is 0 Å². The lowest BCUT2D eigenvalue weighted by atomic mass is 9.91. The summed E-state index contributed by atoms with van der Waals surface area (Å²) in [5.74, 6) is -0.0457. The topological polar surface area (TPSA) is 81.2 Å². The monoisotopic (exact) mass is 493 g/mol. The van der Waals surface area contributed by atoms with E-state index in [1.807, 2.05) is 72.8 Å². The number of fused-ring (bicyclic) bond motifs is 1. The van der Waals surface area contributed by atoms with Crippen LogP contribution in [-0.4, -0.2) is 34.3 Å². The normalized spacial score (nSPS) is 12.7. The summed E-state index contributed by atoms with van der Waals surface area (Å²) in [5, 5.41) is 0.856. The van der Waals surface area contributed by atoms with Crippen LogP contribution in [0.3, 0.4) is 0 Å². The van der Waals surface area contributed by atoms with Gasteiger partial charge in [0.2, 0.25) is 0 Å². The summed E-state index contributed by atoms with van der Waals surface area (Å²) in [6, 6.07) is 22.9. The first-order chi connectivity index (χ1) is 15.9. The molecule has 4 aromatic rings. The molecule has 1 heterocycles. The molecule has 0 aliphatic carbocycles. The van der Waals surface area contributed by atoms with Crippen LogP contribution in [0.4, 0.5) is 0 Å². The first-order valence-electron chi connectivity index (χ1n) is 10.8. The Morgan fingerprint density at radius 2 is 1.44 bits per heavy atom. The van der Waals surface area contributed by atoms with E-state index in [0.29, 0.717) is 5.56 Å². The highest BCUT2D eigenvalue weighted by atomic mass is 32.2. The highest BCUT2D eigenvalue weighted by Gasteiger charge is 2.33. The molecule has 1 aromatic heterocycles. The summed E-state index contributed by atoms with van der Waals surface area (Å²) in [4.78, 5) is 4.58. The van der Waals surface area contributed by atoms with Crippen molar-refractivity contribution in [3.63, 3.8) is 0 Å². The summed E-state index contributed by atoms with van der Waals surface area (Å²) in [7, 11) is -6.58. The van der Waals surface area contributed by atoms with E-state index in [1.165, 1.54) is 12.5 Å². The van der Waals surface area contributed by atoms with Crippen molar-refractivity contribution < 1.29 is 16.8 Å². The Balaban J connectivity index is 1.94. The summed E-state index contributed by atoms with van der Waals surface area (Å²) in [5.41, 5.74) is 5.63. The molecule has 7 heteroatoms. The number of sulfone groups is 2. The third kappa shape index (κ3) is 4.76. The number of aromatic nitrogens is 1. The Kier molecular flexibility index (Phi) is 6.12. The fourth-order valence-electron chi connectivity index (χ4n) is 4.04. The van der Waals surface area contributed by atoms with E-state index in [9.17, 15) is 16.8 Å². The van der Waals surface area contributed by atoms with Crippen molar-refractivity contribution in [2.75, 3.05) is 12.5 Å². The van der Waals surface area contributed by atoms with Crippen molar-refractivity contribution in [3.05, 3.63) is 90.1 Å². The van der Waals surface area contributed by atoms with Gasteiger partial charge in [0.05, 0.1) is 16.0 Å². The second-order valence-corrected chi connectivity index (χ2v) is 13.9. The van der Waals surface area contributed by atoms with Crippen molar-refractivity contribution in [2.24, 2.45) is 0 Å². The third-order valence-electron chi connectivity index (χ3n) is 6.25. The molecule has 5 nitrogen and oxygen atoms in total. The number of rotatable bonds is 6. The van der Waals surface area contributed by atoms with Gasteiger partial charge in [-0.15, -0.1) is 0 Å². The minimum Gasteiger partial charge on any atom is -0.256 e. The molecule has 0 N–H and O–H groups in total. The molecule has 4 rings (SSSR count). The summed E-state index contributed by atoms with van der Waals surface area (Å²) in [6.45, 7) is 3.42. The molecule has 0 radical (unpaired) electrons. The highest BCUT2D eigenvalue weighted by molar-refractivity contribution is 7.91. The summed E-state index contributed by atoms with van der Waals surface area (Å²) < 4.78 is 48.0. The lowest BCUT2D eigenvalue weighted by Crippen LogP contribution is -2.28. The lowest BCUT2D eigenvalue weighted by molar-refractivity contribution is 0.561. The second-order valence-electron chi connectivity index (χ2n) is 9.19. The highest BCUT2D eigenvalue weighted by Crippen LogP contribution is 2.37. The molecule has 176 valence electrons. The molecule has 0 saturated heterocycles. The van der Waals surface area contributed by atoms with E-state index in [-0.39, 0.29) is 5.75 Å². The second kappa shape index (κ2) is 8.64. The Morgan fingerprint density at radius 3 is 2.12 bits per heavy atom. The van der Waals surface area contributed by atoms with Crippen LogP contribution in [-0.2, 0) is 30.2 Å². The molecule has 0 unspecified atom stereocenters. The van der Waals surface area contributed by atoms with Gasteiger partial charge in [0.25, 0.3) is 0 Å². The van der Waals surface area contributed by atoms with Crippen molar-refractivity contribution in [1.82, 2.24) is 4.98 Å². The quantitative estimate of drug-likeness (QED) is 0.360. The molecule has 0 bridgehead atoms. The Morgan fingerprint density at radius 1 is 0.765 bits per heavy atom. The van der Waals surface area contributed by atoms with Gasteiger partial charge < -0.3 is 0 Å². The molecule has 34 heavy (non-hydrogen) atoms. The number of benzene rings is 3. The van der Waals surface area contributed by atoms with Crippen molar-refractivity contribution in [2.45, 2.75) is 24.3 Å². The average Bonchev–Trinajstić information content (AvgIpc) is 2.77. The zero-order chi connectivity index (χ0) is 24.7. The van der Waals surface area contributed by atoms with Crippen LogP contribution in [0.1, 0.15) is 25.0 Å². The van der Waals surface area contributed by atoms with Gasteiger partial charge in [0.1, 0.15) is 0 Å². The first-order valence-corrected chi connectivity index (χ1v) is 14.8. The average molecular weight is 494 g/mol. The zero-order valence-electron chi connectivity index (χ0n) is 19.6. The Labute approximate surface area is 201 Å². The van der Waals surface area contributed by atoms with Crippen molar-refractivity contribution in [1.29, 1.82) is 0 Å². The van der Waals surface area contributed by atoms with Gasteiger partial charge in [-0.05, 0) is 65.9 Å². The number of nitrogens with zero attached hydrogens (tertiary/aromatic N) is 1. The first kappa shape index (κ1) is 24.1. The van der Waals surface area contributed by atoms with Gasteiger partial charge in [0.15, 0.2) is 19.7 Å². The number of pyridine rings is 1. The van der Waals surface area contributed by atoms with E-state index < -0.39 is 24.4 Å². The Bertz CT molecular complexity index is 1610. The predicted octanol–water partition coefficient (Wildman–Crippen LogP) is 5.39. The van der Waals surface area contributed by atoms with Crippen molar-refractivity contribution in [3.8, 4) is 22.3 Å². The number of hydrogen-bond acceptors (Lipinski definition) is 5. The smallest absolute Gasteiger partial charge is 0.156 e. The molecule has 0 atom stereocenters. The minimum absolute atomic E-state index is 0.0457. The van der Waals surface area contributed by atoms with Gasteiger partial charge in [0, 0.05) is 29.7 Å². The molecule has 0 amide bonds. The third-order valence-corrected chi connectivity index (χ3v) is 9.17. The Hall–Kier alpha value is -3.03. The van der Waals surface area contributed by atoms with Crippen LogP contribution >= 0.6 is 0 Å². The lowest BCUT2D eigenvalue weighted by Gasteiger charge is -2.24. The van der Waals surface area contributed by atoms with Crippen LogP contribution < -0.4 is 0 Å². The maximum Gasteiger partial charge on any atom is 0.156 e. The van der Waals surface area contributed by atoms with E-state index in [0.717, 1.165) is 38.7 Å². The van der Waals surface area contributed by atoms with Gasteiger partial charge >= 0.3 is 0 Å². The largest absolute Gasteiger partial charge is 0.256 e. The fraction of sp³-hybridized carbons (Fsp3) is 0.222.